The van der Waals surface area contributed by atoms with E-state index >= 15 is 0 Å². The van der Waals surface area contributed by atoms with Gasteiger partial charge in [-0.3, -0.25) is 4.18 Å². The van der Waals surface area contributed by atoms with E-state index in [4.69, 9.17) is 14.0 Å². The van der Waals surface area contributed by atoms with Crippen molar-refractivity contribution in [3.63, 3.8) is 0 Å². The maximum atomic E-state index is 11.7. The minimum Gasteiger partial charge on any atom is -0.388 e. The van der Waals surface area contributed by atoms with Crippen molar-refractivity contribution in [2.45, 2.75) is 24.0 Å². The summed E-state index contributed by atoms with van der Waals surface area (Å²) in [6, 6.07) is 6.58. The van der Waals surface area contributed by atoms with Crippen LogP contribution < -0.4 is 0 Å². The molecule has 0 aromatic heterocycles. The molecule has 2 aliphatic rings. The van der Waals surface area contributed by atoms with E-state index in [1.807, 2.05) is 6.92 Å². The SMILES string of the molecule is Cc1ccc(S(=O)(=O)OC2COC2)cc1.OC1COC1. The van der Waals surface area contributed by atoms with Crippen molar-refractivity contribution in [2.24, 2.45) is 0 Å². The van der Waals surface area contributed by atoms with Crippen LogP contribution in [0.4, 0.5) is 0 Å². The van der Waals surface area contributed by atoms with Crippen molar-refractivity contribution < 1.29 is 27.2 Å². The van der Waals surface area contributed by atoms with Gasteiger partial charge in [0.2, 0.25) is 0 Å². The molecule has 0 bridgehead atoms. The average molecular weight is 302 g/mol. The predicted molar refractivity (Wildman–Crippen MR) is 70.9 cm³/mol. The topological polar surface area (TPSA) is 82.1 Å². The van der Waals surface area contributed by atoms with E-state index in [2.05, 4.69) is 4.74 Å². The molecular weight excluding hydrogens is 284 g/mol. The van der Waals surface area contributed by atoms with Gasteiger partial charge in [-0.15, -0.1) is 0 Å². The van der Waals surface area contributed by atoms with Gasteiger partial charge >= 0.3 is 0 Å². The second-order valence-corrected chi connectivity index (χ2v) is 6.29. The number of aliphatic hydroxyl groups excluding tert-OH is 1. The van der Waals surface area contributed by atoms with Gasteiger partial charge in [-0.2, -0.15) is 8.42 Å². The normalized spacial score (nSPS) is 19.5. The summed E-state index contributed by atoms with van der Waals surface area (Å²) >= 11 is 0. The molecule has 1 aromatic carbocycles. The third-order valence-corrected chi connectivity index (χ3v) is 4.18. The second kappa shape index (κ2) is 6.64. The summed E-state index contributed by atoms with van der Waals surface area (Å²) in [6.07, 6.45) is -0.480. The maximum Gasteiger partial charge on any atom is 0.297 e. The van der Waals surface area contributed by atoms with Crippen LogP contribution in [-0.4, -0.2) is 52.2 Å². The molecule has 0 amide bonds. The van der Waals surface area contributed by atoms with E-state index in [1.165, 1.54) is 0 Å². The molecule has 112 valence electrons. The Hall–Kier alpha value is -0.990. The second-order valence-electron chi connectivity index (χ2n) is 4.71. The zero-order chi connectivity index (χ0) is 14.6. The molecule has 7 heteroatoms. The fourth-order valence-electron chi connectivity index (χ4n) is 1.43. The van der Waals surface area contributed by atoms with Crippen LogP contribution in [0.25, 0.3) is 0 Å². The molecule has 20 heavy (non-hydrogen) atoms. The first kappa shape index (κ1) is 15.4. The summed E-state index contributed by atoms with van der Waals surface area (Å²) in [5, 5.41) is 8.32. The quantitative estimate of drug-likeness (QED) is 0.818. The Morgan fingerprint density at radius 1 is 1.10 bits per heavy atom. The van der Waals surface area contributed by atoms with Gasteiger partial charge in [0, 0.05) is 0 Å². The number of aliphatic hydroxyl groups is 1. The molecule has 0 atom stereocenters. The fourth-order valence-corrected chi connectivity index (χ4v) is 2.48. The minimum absolute atomic E-state index is 0.157. The van der Waals surface area contributed by atoms with Gasteiger partial charge in [-0.25, -0.2) is 0 Å². The standard InChI is InChI=1S/C10H12O4S.C3H6O2/c1-8-2-4-10(5-3-8)15(11,12)14-9-6-13-7-9;4-3-1-5-2-3/h2-5,9H,6-7H2,1H3;3-4H,1-2H2. The van der Waals surface area contributed by atoms with Crippen LogP contribution in [0.2, 0.25) is 0 Å². The highest BCUT2D eigenvalue weighted by molar-refractivity contribution is 7.86. The molecule has 0 spiro atoms. The van der Waals surface area contributed by atoms with Crippen LogP contribution in [0.1, 0.15) is 5.56 Å². The van der Waals surface area contributed by atoms with Gasteiger partial charge in [0.1, 0.15) is 12.2 Å². The van der Waals surface area contributed by atoms with Crippen molar-refractivity contribution in [3.8, 4) is 0 Å². The Bertz CT molecular complexity index is 516. The van der Waals surface area contributed by atoms with E-state index in [0.717, 1.165) is 5.56 Å². The molecule has 2 heterocycles. The Morgan fingerprint density at radius 2 is 1.60 bits per heavy atom. The third-order valence-electron chi connectivity index (χ3n) is 2.80. The van der Waals surface area contributed by atoms with Crippen molar-refractivity contribution in [1.29, 1.82) is 0 Å². The summed E-state index contributed by atoms with van der Waals surface area (Å²) in [4.78, 5) is 0.194. The molecule has 3 rings (SSSR count). The summed E-state index contributed by atoms with van der Waals surface area (Å²) in [5.41, 5.74) is 1.01. The predicted octanol–water partition coefficient (Wildman–Crippen LogP) is 0.477. The van der Waals surface area contributed by atoms with E-state index in [1.54, 1.807) is 24.3 Å². The lowest BCUT2D eigenvalue weighted by Gasteiger charge is -2.25. The third kappa shape index (κ3) is 4.26. The Labute approximate surface area is 118 Å². The molecular formula is C13H18O6S. The van der Waals surface area contributed by atoms with Crippen molar-refractivity contribution >= 4 is 10.1 Å². The first-order valence-electron chi connectivity index (χ1n) is 6.31. The summed E-state index contributed by atoms with van der Waals surface area (Å²) in [7, 11) is -3.62. The molecule has 2 fully saturated rings. The number of aryl methyl sites for hydroxylation is 1. The molecule has 6 nitrogen and oxygen atoms in total. The Balaban J connectivity index is 0.000000247. The van der Waals surface area contributed by atoms with Crippen molar-refractivity contribution in [3.05, 3.63) is 29.8 Å². The number of hydrogen-bond donors (Lipinski definition) is 1. The number of benzene rings is 1. The van der Waals surface area contributed by atoms with Crippen LogP contribution in [-0.2, 0) is 23.8 Å². The van der Waals surface area contributed by atoms with Gasteiger partial charge < -0.3 is 14.6 Å². The lowest BCUT2D eigenvalue weighted by atomic mass is 10.2. The lowest BCUT2D eigenvalue weighted by Crippen LogP contribution is -2.37. The van der Waals surface area contributed by atoms with Gasteiger partial charge in [0.25, 0.3) is 10.1 Å². The molecule has 0 aliphatic carbocycles. The van der Waals surface area contributed by atoms with Gasteiger partial charge in [0.05, 0.1) is 31.3 Å². The van der Waals surface area contributed by atoms with Gasteiger partial charge in [-0.1, -0.05) is 17.7 Å². The van der Waals surface area contributed by atoms with E-state index in [0.29, 0.717) is 26.4 Å². The molecule has 2 saturated heterocycles. The van der Waals surface area contributed by atoms with E-state index in [-0.39, 0.29) is 17.1 Å². The lowest BCUT2D eigenvalue weighted by molar-refractivity contribution is -0.0936. The monoisotopic (exact) mass is 302 g/mol. The van der Waals surface area contributed by atoms with Crippen molar-refractivity contribution in [1.82, 2.24) is 0 Å². The van der Waals surface area contributed by atoms with Crippen LogP contribution in [0.15, 0.2) is 29.2 Å². The molecule has 0 unspecified atom stereocenters. The van der Waals surface area contributed by atoms with Crippen LogP contribution in [0.5, 0.6) is 0 Å². The number of hydrogen-bond acceptors (Lipinski definition) is 6. The van der Waals surface area contributed by atoms with Crippen LogP contribution in [0, 0.1) is 6.92 Å². The molecule has 0 saturated carbocycles. The first-order valence-corrected chi connectivity index (χ1v) is 7.72. The fraction of sp³-hybridized carbons (Fsp3) is 0.538. The maximum absolute atomic E-state index is 11.7. The Kier molecular flexibility index (Phi) is 5.11. The molecule has 1 aromatic rings. The zero-order valence-corrected chi connectivity index (χ0v) is 12.0. The van der Waals surface area contributed by atoms with E-state index in [9.17, 15) is 8.42 Å². The summed E-state index contributed by atoms with van der Waals surface area (Å²) in [5.74, 6) is 0. The van der Waals surface area contributed by atoms with Crippen molar-refractivity contribution in [2.75, 3.05) is 26.4 Å². The highest BCUT2D eigenvalue weighted by atomic mass is 32.2. The molecule has 0 radical (unpaired) electrons. The van der Waals surface area contributed by atoms with Crippen LogP contribution in [0.3, 0.4) is 0 Å². The minimum atomic E-state index is -3.62. The number of rotatable bonds is 3. The highest BCUT2D eigenvalue weighted by Crippen LogP contribution is 2.17. The molecule has 1 N–H and O–H groups in total. The summed E-state index contributed by atoms with van der Waals surface area (Å²) < 4.78 is 37.7. The van der Waals surface area contributed by atoms with Gasteiger partial charge in [-0.05, 0) is 19.1 Å². The largest absolute Gasteiger partial charge is 0.388 e. The zero-order valence-electron chi connectivity index (χ0n) is 11.2. The molecule has 2 aliphatic heterocycles. The Morgan fingerprint density at radius 3 is 1.95 bits per heavy atom. The van der Waals surface area contributed by atoms with E-state index < -0.39 is 10.1 Å². The first-order chi connectivity index (χ1) is 9.47. The number of ether oxygens (including phenoxy) is 2. The van der Waals surface area contributed by atoms with Gasteiger partial charge in [0.15, 0.2) is 0 Å². The van der Waals surface area contributed by atoms with Crippen LogP contribution >= 0.6 is 0 Å². The smallest absolute Gasteiger partial charge is 0.297 e. The average Bonchev–Trinajstić information content (AvgIpc) is 2.33. The highest BCUT2D eigenvalue weighted by Gasteiger charge is 2.27. The summed E-state index contributed by atoms with van der Waals surface area (Å²) in [6.45, 7) is 3.69.